The Kier molecular flexibility index (Phi) is 5.14. The summed E-state index contributed by atoms with van der Waals surface area (Å²) in [7, 11) is 1.56. The molecule has 0 saturated carbocycles. The topological polar surface area (TPSA) is 38.8 Å². The summed E-state index contributed by atoms with van der Waals surface area (Å²) in [5.74, 6) is 0.484. The van der Waals surface area contributed by atoms with Crippen LogP contribution in [0.1, 0.15) is 24.2 Å². The Hall–Kier alpha value is -0.530. The third kappa shape index (κ3) is 3.38. The molecule has 0 bridgehead atoms. The van der Waals surface area contributed by atoms with Gasteiger partial charge in [0.2, 0.25) is 0 Å². The number of carbonyl (C=O) groups excluding carboxylic acids is 1. The SMILES string of the molecule is COc1cc(I)c(Cl)cc1C(=O)N1CC(C)OC(C)C1. The van der Waals surface area contributed by atoms with Crippen LogP contribution in [0.15, 0.2) is 12.1 Å². The highest BCUT2D eigenvalue weighted by atomic mass is 127. The average Bonchev–Trinajstić information content (AvgIpc) is 2.39. The molecule has 2 rings (SSSR count). The summed E-state index contributed by atoms with van der Waals surface area (Å²) in [5, 5.41) is 0.559. The van der Waals surface area contributed by atoms with Gasteiger partial charge in [0.25, 0.3) is 5.91 Å². The van der Waals surface area contributed by atoms with E-state index in [-0.39, 0.29) is 18.1 Å². The van der Waals surface area contributed by atoms with Crippen molar-refractivity contribution in [3.8, 4) is 5.75 Å². The zero-order chi connectivity index (χ0) is 14.9. The van der Waals surface area contributed by atoms with Gasteiger partial charge in [-0.05, 0) is 48.6 Å². The molecule has 1 aromatic rings. The number of rotatable bonds is 2. The first-order valence-electron chi connectivity index (χ1n) is 6.40. The standard InChI is InChI=1S/C14H17ClINO3/c1-8-6-17(7-9(2)20-8)14(18)10-4-11(15)12(16)5-13(10)19-3/h4-5,8-9H,6-7H2,1-3H3. The molecule has 20 heavy (non-hydrogen) atoms. The Bertz CT molecular complexity index is 513. The number of halogens is 2. The van der Waals surface area contributed by atoms with Crippen molar-refractivity contribution in [2.45, 2.75) is 26.1 Å². The van der Waals surface area contributed by atoms with E-state index >= 15 is 0 Å². The van der Waals surface area contributed by atoms with Crippen LogP contribution >= 0.6 is 34.2 Å². The van der Waals surface area contributed by atoms with E-state index in [0.717, 1.165) is 3.57 Å². The van der Waals surface area contributed by atoms with E-state index in [1.807, 2.05) is 13.8 Å². The van der Waals surface area contributed by atoms with Crippen LogP contribution in [0.4, 0.5) is 0 Å². The molecule has 2 unspecified atom stereocenters. The lowest BCUT2D eigenvalue weighted by atomic mass is 10.1. The van der Waals surface area contributed by atoms with Gasteiger partial charge in [-0.1, -0.05) is 11.6 Å². The van der Waals surface area contributed by atoms with E-state index in [4.69, 9.17) is 21.1 Å². The Morgan fingerprint density at radius 1 is 1.40 bits per heavy atom. The summed E-state index contributed by atoms with van der Waals surface area (Å²) in [6.45, 7) is 5.09. The fourth-order valence-corrected chi connectivity index (χ4v) is 2.98. The highest BCUT2D eigenvalue weighted by Gasteiger charge is 2.28. The van der Waals surface area contributed by atoms with Crippen LogP contribution in [-0.4, -0.2) is 43.2 Å². The minimum Gasteiger partial charge on any atom is -0.496 e. The fourth-order valence-electron chi connectivity index (χ4n) is 2.38. The molecule has 0 N–H and O–H groups in total. The van der Waals surface area contributed by atoms with E-state index < -0.39 is 0 Å². The maximum Gasteiger partial charge on any atom is 0.257 e. The van der Waals surface area contributed by atoms with Gasteiger partial charge >= 0.3 is 0 Å². The Morgan fingerprint density at radius 2 is 2.00 bits per heavy atom. The van der Waals surface area contributed by atoms with Gasteiger partial charge in [-0.15, -0.1) is 0 Å². The van der Waals surface area contributed by atoms with Crippen LogP contribution in [0, 0.1) is 3.57 Å². The first-order chi connectivity index (χ1) is 9.42. The molecule has 1 aromatic carbocycles. The molecular formula is C14H17ClINO3. The number of carbonyl (C=O) groups is 1. The Balaban J connectivity index is 2.31. The van der Waals surface area contributed by atoms with E-state index in [0.29, 0.717) is 29.4 Å². The molecule has 110 valence electrons. The molecule has 1 aliphatic heterocycles. The fraction of sp³-hybridized carbons (Fsp3) is 0.500. The lowest BCUT2D eigenvalue weighted by Crippen LogP contribution is -2.48. The molecule has 0 spiro atoms. The molecule has 1 amide bonds. The molecule has 4 nitrogen and oxygen atoms in total. The van der Waals surface area contributed by atoms with E-state index in [9.17, 15) is 4.79 Å². The van der Waals surface area contributed by atoms with Crippen LogP contribution < -0.4 is 4.74 Å². The minimum absolute atomic E-state index is 0.0352. The van der Waals surface area contributed by atoms with Crippen LogP contribution in [0.25, 0.3) is 0 Å². The minimum atomic E-state index is -0.0675. The van der Waals surface area contributed by atoms with Crippen molar-refractivity contribution in [1.82, 2.24) is 4.90 Å². The number of nitrogens with zero attached hydrogens (tertiary/aromatic N) is 1. The summed E-state index contributed by atoms with van der Waals surface area (Å²) in [4.78, 5) is 14.5. The summed E-state index contributed by atoms with van der Waals surface area (Å²) in [6.07, 6.45) is 0.0704. The molecular weight excluding hydrogens is 393 g/mol. The van der Waals surface area contributed by atoms with Gasteiger partial charge in [0.15, 0.2) is 0 Å². The van der Waals surface area contributed by atoms with Crippen molar-refractivity contribution in [3.05, 3.63) is 26.3 Å². The first-order valence-corrected chi connectivity index (χ1v) is 7.85. The van der Waals surface area contributed by atoms with Crippen LogP contribution in [-0.2, 0) is 4.74 Å². The number of ether oxygens (including phenoxy) is 2. The van der Waals surface area contributed by atoms with Crippen molar-refractivity contribution in [3.63, 3.8) is 0 Å². The Labute approximate surface area is 137 Å². The lowest BCUT2D eigenvalue weighted by Gasteiger charge is -2.35. The number of methoxy groups -OCH3 is 1. The molecule has 1 heterocycles. The second-order valence-corrected chi connectivity index (χ2v) is 6.50. The van der Waals surface area contributed by atoms with Gasteiger partial charge in [-0.2, -0.15) is 0 Å². The molecule has 0 radical (unpaired) electrons. The normalized spacial score (nSPS) is 22.8. The van der Waals surface area contributed by atoms with E-state index in [1.54, 1.807) is 24.1 Å². The predicted molar refractivity (Wildman–Crippen MR) is 86.6 cm³/mol. The van der Waals surface area contributed by atoms with Gasteiger partial charge < -0.3 is 14.4 Å². The van der Waals surface area contributed by atoms with E-state index in [2.05, 4.69) is 22.6 Å². The molecule has 2 atom stereocenters. The van der Waals surface area contributed by atoms with Crippen LogP contribution in [0.5, 0.6) is 5.75 Å². The van der Waals surface area contributed by atoms with Crippen molar-refractivity contribution in [2.75, 3.05) is 20.2 Å². The first kappa shape index (κ1) is 15.9. The number of hydrogen-bond acceptors (Lipinski definition) is 3. The maximum atomic E-state index is 12.7. The zero-order valence-electron chi connectivity index (χ0n) is 11.7. The van der Waals surface area contributed by atoms with Crippen LogP contribution in [0.2, 0.25) is 5.02 Å². The summed E-state index contributed by atoms with van der Waals surface area (Å²) >= 11 is 8.24. The van der Waals surface area contributed by atoms with Crippen molar-refractivity contribution in [1.29, 1.82) is 0 Å². The van der Waals surface area contributed by atoms with Gasteiger partial charge in [0, 0.05) is 16.7 Å². The quantitative estimate of drug-likeness (QED) is 0.704. The summed E-state index contributed by atoms with van der Waals surface area (Å²) in [6, 6.07) is 3.46. The van der Waals surface area contributed by atoms with Gasteiger partial charge in [0.1, 0.15) is 5.75 Å². The van der Waals surface area contributed by atoms with E-state index in [1.165, 1.54) is 0 Å². The predicted octanol–water partition coefficient (Wildman–Crippen LogP) is 3.20. The maximum absolute atomic E-state index is 12.7. The average molecular weight is 410 g/mol. The summed E-state index contributed by atoms with van der Waals surface area (Å²) in [5.41, 5.74) is 0.499. The highest BCUT2D eigenvalue weighted by Crippen LogP contribution is 2.29. The molecule has 1 fully saturated rings. The second-order valence-electron chi connectivity index (χ2n) is 4.93. The Morgan fingerprint density at radius 3 is 2.55 bits per heavy atom. The van der Waals surface area contributed by atoms with Crippen molar-refractivity contribution in [2.24, 2.45) is 0 Å². The van der Waals surface area contributed by atoms with Crippen LogP contribution in [0.3, 0.4) is 0 Å². The number of morpholine rings is 1. The monoisotopic (exact) mass is 409 g/mol. The van der Waals surface area contributed by atoms with Crippen molar-refractivity contribution < 1.29 is 14.3 Å². The van der Waals surface area contributed by atoms with Gasteiger partial charge in [-0.25, -0.2) is 0 Å². The number of benzene rings is 1. The molecule has 0 aromatic heterocycles. The number of hydrogen-bond donors (Lipinski definition) is 0. The third-order valence-corrected chi connectivity index (χ3v) is 4.70. The largest absolute Gasteiger partial charge is 0.496 e. The van der Waals surface area contributed by atoms with Gasteiger partial charge in [-0.3, -0.25) is 4.79 Å². The van der Waals surface area contributed by atoms with Gasteiger partial charge in [0.05, 0.1) is 29.9 Å². The molecule has 1 aliphatic rings. The molecule has 6 heteroatoms. The highest BCUT2D eigenvalue weighted by molar-refractivity contribution is 14.1. The smallest absolute Gasteiger partial charge is 0.257 e. The van der Waals surface area contributed by atoms with Crippen molar-refractivity contribution >= 4 is 40.1 Å². The number of amides is 1. The third-order valence-electron chi connectivity index (χ3n) is 3.18. The summed E-state index contributed by atoms with van der Waals surface area (Å²) < 4.78 is 11.8. The molecule has 0 aliphatic carbocycles. The molecule has 1 saturated heterocycles. The second kappa shape index (κ2) is 6.49. The lowest BCUT2D eigenvalue weighted by molar-refractivity contribution is -0.0586. The zero-order valence-corrected chi connectivity index (χ0v) is 14.6.